The molecule has 50 heavy (non-hydrogen) atoms. The highest BCUT2D eigenvalue weighted by atomic mass is 32.1. The van der Waals surface area contributed by atoms with Gasteiger partial charge in [-0.05, 0) is 70.2 Å². The van der Waals surface area contributed by atoms with E-state index in [1.54, 1.807) is 71.4 Å². The van der Waals surface area contributed by atoms with Gasteiger partial charge in [-0.2, -0.15) is 0 Å². The minimum Gasteiger partial charge on any atom is -0.488 e. The predicted molar refractivity (Wildman–Crippen MR) is 184 cm³/mol. The number of ether oxygens (including phenoxy) is 2. The summed E-state index contributed by atoms with van der Waals surface area (Å²) in [6.45, 7) is 6.95. The predicted octanol–water partition coefficient (Wildman–Crippen LogP) is 4.95. The quantitative estimate of drug-likeness (QED) is 0.261. The van der Waals surface area contributed by atoms with Crippen LogP contribution in [-0.2, 0) is 16.0 Å². The summed E-state index contributed by atoms with van der Waals surface area (Å²) in [4.78, 5) is 79.3. The van der Waals surface area contributed by atoms with Crippen LogP contribution in [-0.4, -0.2) is 105 Å². The van der Waals surface area contributed by atoms with Gasteiger partial charge in [0.2, 0.25) is 0 Å². The number of amides is 5. The lowest BCUT2D eigenvalue weighted by atomic mass is 9.91. The Bertz CT molecular complexity index is 1790. The third-order valence-electron chi connectivity index (χ3n) is 9.76. The fourth-order valence-corrected chi connectivity index (χ4v) is 8.03. The second-order valence-corrected chi connectivity index (χ2v) is 15.1. The molecule has 3 aromatic rings. The number of rotatable bonds is 6. The summed E-state index contributed by atoms with van der Waals surface area (Å²) in [5.74, 6) is -0.819. The van der Waals surface area contributed by atoms with Crippen molar-refractivity contribution >= 4 is 41.1 Å². The molecule has 2 unspecified atom stereocenters. The smallest absolute Gasteiger partial charge is 0.329 e. The summed E-state index contributed by atoms with van der Waals surface area (Å²) < 4.78 is 12.4. The van der Waals surface area contributed by atoms with Gasteiger partial charge < -0.3 is 24.2 Å². The van der Waals surface area contributed by atoms with E-state index in [2.05, 4.69) is 4.98 Å². The highest BCUT2D eigenvalue weighted by Gasteiger charge is 2.45. The van der Waals surface area contributed by atoms with E-state index in [4.69, 9.17) is 9.47 Å². The first-order valence-electron chi connectivity index (χ1n) is 17.2. The van der Waals surface area contributed by atoms with Crippen molar-refractivity contribution in [1.29, 1.82) is 0 Å². The van der Waals surface area contributed by atoms with Gasteiger partial charge in [-0.3, -0.25) is 24.3 Å². The molecule has 0 N–H and O–H groups in total. The van der Waals surface area contributed by atoms with Crippen LogP contribution in [0.25, 0.3) is 0 Å². The van der Waals surface area contributed by atoms with Gasteiger partial charge in [-0.1, -0.05) is 24.3 Å². The molecule has 2 saturated heterocycles. The second-order valence-electron chi connectivity index (χ2n) is 14.2. The van der Waals surface area contributed by atoms with Crippen molar-refractivity contribution in [3.05, 3.63) is 81.3 Å². The second kappa shape index (κ2) is 13.5. The molecule has 13 heteroatoms. The summed E-state index contributed by atoms with van der Waals surface area (Å²) in [6.07, 6.45) is 4.42. The number of carbonyl (C=O) groups excluding carboxylic acids is 5. The summed E-state index contributed by atoms with van der Waals surface area (Å²) >= 11 is 1.30. The Labute approximate surface area is 294 Å². The number of thiazole rings is 1. The number of likely N-dealkylation sites (tertiary alicyclic amines) is 2. The van der Waals surface area contributed by atoms with Gasteiger partial charge in [-0.25, -0.2) is 9.59 Å². The number of fused-ring (bicyclic) bond motifs is 2. The third kappa shape index (κ3) is 6.46. The summed E-state index contributed by atoms with van der Waals surface area (Å²) in [6, 6.07) is 10.6. The number of hydrogen-bond acceptors (Lipinski definition) is 9. The van der Waals surface area contributed by atoms with Crippen molar-refractivity contribution in [2.24, 2.45) is 0 Å². The molecule has 0 radical (unpaired) electrons. The number of nitrogens with zero attached hydrogens (tertiary/aromatic N) is 5. The summed E-state index contributed by atoms with van der Waals surface area (Å²) in [5, 5.41) is 0. The van der Waals surface area contributed by atoms with Crippen LogP contribution in [0.5, 0.6) is 5.75 Å². The van der Waals surface area contributed by atoms with Crippen molar-refractivity contribution in [3.63, 3.8) is 0 Å². The Kier molecular flexibility index (Phi) is 9.10. The zero-order valence-electron chi connectivity index (χ0n) is 28.5. The van der Waals surface area contributed by atoms with Crippen LogP contribution in [0.4, 0.5) is 4.79 Å². The number of imide groups is 1. The molecule has 0 spiro atoms. The molecule has 5 amide bonds. The van der Waals surface area contributed by atoms with Crippen LogP contribution in [0, 0.1) is 0 Å². The maximum atomic E-state index is 14.7. The molecular weight excluding hydrogens is 659 g/mol. The average Bonchev–Trinajstić information content (AvgIpc) is 3.86. The van der Waals surface area contributed by atoms with Gasteiger partial charge in [0.15, 0.2) is 0 Å². The lowest BCUT2D eigenvalue weighted by molar-refractivity contribution is -0.161. The maximum absolute atomic E-state index is 14.7. The van der Waals surface area contributed by atoms with Crippen LogP contribution in [0.3, 0.4) is 0 Å². The van der Waals surface area contributed by atoms with Gasteiger partial charge in [0, 0.05) is 31.6 Å². The number of piperidine rings is 1. The minimum atomic E-state index is -0.748. The lowest BCUT2D eigenvalue weighted by Crippen LogP contribution is -2.57. The monoisotopic (exact) mass is 699 g/mol. The van der Waals surface area contributed by atoms with Crippen LogP contribution < -0.4 is 4.74 Å². The fraction of sp³-hybridized carbons (Fsp3) is 0.459. The molecule has 3 atom stereocenters. The van der Waals surface area contributed by atoms with Crippen LogP contribution in [0.15, 0.2) is 54.2 Å². The van der Waals surface area contributed by atoms with E-state index >= 15 is 0 Å². The van der Waals surface area contributed by atoms with Gasteiger partial charge in [0.1, 0.15) is 28.4 Å². The minimum absolute atomic E-state index is 0.0863. The van der Waals surface area contributed by atoms with E-state index in [1.807, 2.05) is 18.2 Å². The highest BCUT2D eigenvalue weighted by Crippen LogP contribution is 2.41. The summed E-state index contributed by atoms with van der Waals surface area (Å²) in [5.41, 5.74) is 3.25. The number of aromatic nitrogens is 1. The zero-order chi connectivity index (χ0) is 35.2. The largest absolute Gasteiger partial charge is 0.488 e. The maximum Gasteiger partial charge on any atom is 0.329 e. The molecule has 4 aliphatic rings. The molecule has 2 aromatic carbocycles. The van der Waals surface area contributed by atoms with E-state index in [0.29, 0.717) is 67.2 Å². The first kappa shape index (κ1) is 33.7. The fourth-order valence-electron chi connectivity index (χ4n) is 7.44. The topological polar surface area (TPSA) is 130 Å². The zero-order valence-corrected chi connectivity index (χ0v) is 29.3. The number of urea groups is 1. The Hall–Kier alpha value is -4.78. The normalized spacial score (nSPS) is 22.0. The number of carbonyl (C=O) groups is 5. The Morgan fingerprint density at radius 3 is 2.38 bits per heavy atom. The van der Waals surface area contributed by atoms with Crippen molar-refractivity contribution in [2.75, 3.05) is 32.7 Å². The highest BCUT2D eigenvalue weighted by molar-refractivity contribution is 7.11. The van der Waals surface area contributed by atoms with E-state index in [9.17, 15) is 24.0 Å². The first-order valence-corrected chi connectivity index (χ1v) is 18.1. The van der Waals surface area contributed by atoms with Crippen molar-refractivity contribution in [3.8, 4) is 5.75 Å². The van der Waals surface area contributed by atoms with Gasteiger partial charge in [0.25, 0.3) is 17.7 Å². The molecule has 7 rings (SSSR count). The van der Waals surface area contributed by atoms with E-state index in [1.165, 1.54) is 16.2 Å². The Balaban J connectivity index is 1.21. The van der Waals surface area contributed by atoms with Crippen molar-refractivity contribution < 1.29 is 33.4 Å². The number of benzene rings is 2. The van der Waals surface area contributed by atoms with Crippen LogP contribution >= 0.6 is 11.3 Å². The van der Waals surface area contributed by atoms with Gasteiger partial charge in [-0.15, -0.1) is 11.3 Å². The standard InChI is InChI=1S/C37H41N5O7S/c1-37(2,3)49-35(46)27-12-6-7-16-40(27)36(47)41-18-14-23-9-8-13-29(48-24-15-17-39(20-24)34(45)30-19-38-22-50-30)31(23)28(41)21-42-32(43)25-10-4-5-11-26(25)33(42)44/h4-5,8-11,13,19,22,24,27-28H,6-7,12,14-18,20-21H2,1-3H3/t24?,27?,28-/m1/s1. The van der Waals surface area contributed by atoms with Gasteiger partial charge >= 0.3 is 12.0 Å². The molecular formula is C37H41N5O7S. The molecule has 0 bridgehead atoms. The van der Waals surface area contributed by atoms with Crippen molar-refractivity contribution in [1.82, 2.24) is 24.6 Å². The molecule has 262 valence electrons. The molecule has 5 heterocycles. The van der Waals surface area contributed by atoms with E-state index < -0.39 is 35.5 Å². The van der Waals surface area contributed by atoms with Crippen LogP contribution in [0.1, 0.15) is 94.0 Å². The molecule has 2 fully saturated rings. The molecule has 0 aliphatic carbocycles. The molecule has 0 saturated carbocycles. The lowest BCUT2D eigenvalue weighted by Gasteiger charge is -2.44. The number of esters is 1. The van der Waals surface area contributed by atoms with Crippen LogP contribution in [0.2, 0.25) is 0 Å². The third-order valence-corrected chi connectivity index (χ3v) is 10.5. The Morgan fingerprint density at radius 1 is 0.920 bits per heavy atom. The molecule has 12 nitrogen and oxygen atoms in total. The summed E-state index contributed by atoms with van der Waals surface area (Å²) in [7, 11) is 0. The first-order chi connectivity index (χ1) is 24.0. The molecule has 4 aliphatic heterocycles. The van der Waals surface area contributed by atoms with E-state index in [0.717, 1.165) is 24.0 Å². The average molecular weight is 700 g/mol. The van der Waals surface area contributed by atoms with Gasteiger partial charge in [0.05, 0.1) is 42.0 Å². The van der Waals surface area contributed by atoms with Crippen molar-refractivity contribution in [2.45, 2.75) is 76.7 Å². The van der Waals surface area contributed by atoms with E-state index in [-0.39, 0.29) is 24.6 Å². The molecule has 1 aromatic heterocycles. The number of hydrogen-bond donors (Lipinski definition) is 0. The Morgan fingerprint density at radius 2 is 1.68 bits per heavy atom. The SMILES string of the molecule is CC(C)(C)OC(=O)C1CCCCN1C(=O)N1CCc2cccc(OC3CCN(C(=O)c4cncs4)C3)c2[C@H]1CN1C(=O)c2ccccc2C1=O.